The number of pyridine rings is 1. The molecule has 0 radical (unpaired) electrons. The van der Waals surface area contributed by atoms with Gasteiger partial charge in [0.25, 0.3) is 0 Å². The lowest BCUT2D eigenvalue weighted by atomic mass is 9.89. The fraction of sp³-hybridized carbons (Fsp3) is 0.100. The first-order valence-electron chi connectivity index (χ1n) is 11.1. The van der Waals surface area contributed by atoms with Crippen molar-refractivity contribution >= 4 is 27.3 Å². The summed E-state index contributed by atoms with van der Waals surface area (Å²) in [4.78, 5) is 5.12. The lowest BCUT2D eigenvalue weighted by Crippen LogP contribution is -1.95. The Morgan fingerprint density at radius 1 is 0.688 bits per heavy atom. The van der Waals surface area contributed by atoms with Gasteiger partial charge in [-0.3, -0.25) is 4.40 Å². The van der Waals surface area contributed by atoms with Gasteiger partial charge in [0.2, 0.25) is 0 Å². The minimum atomic E-state index is 0.997. The van der Waals surface area contributed by atoms with Crippen molar-refractivity contribution in [3.05, 3.63) is 108 Å². The molecule has 0 saturated heterocycles. The van der Waals surface area contributed by atoms with Gasteiger partial charge in [0.15, 0.2) is 0 Å². The second-order valence-corrected chi connectivity index (χ2v) is 8.70. The molecule has 0 fully saturated rings. The van der Waals surface area contributed by atoms with Crippen molar-refractivity contribution < 1.29 is 0 Å². The van der Waals surface area contributed by atoms with Gasteiger partial charge in [-0.25, -0.2) is 4.98 Å². The van der Waals surface area contributed by atoms with Crippen molar-refractivity contribution in [2.45, 2.75) is 20.8 Å². The van der Waals surface area contributed by atoms with Crippen LogP contribution in [0.15, 0.2) is 91.1 Å². The molecule has 0 aliphatic heterocycles. The largest absolute Gasteiger partial charge is 0.298 e. The summed E-state index contributed by atoms with van der Waals surface area (Å²) in [7, 11) is 0. The van der Waals surface area contributed by atoms with Crippen LogP contribution in [0.1, 0.15) is 16.7 Å². The highest BCUT2D eigenvalue weighted by Crippen LogP contribution is 2.39. The average Bonchev–Trinajstić information content (AvgIpc) is 3.25. The number of fused-ring (bicyclic) bond motifs is 6. The Morgan fingerprint density at radius 2 is 1.38 bits per heavy atom. The molecule has 0 spiro atoms. The van der Waals surface area contributed by atoms with Crippen LogP contribution in [-0.4, -0.2) is 9.38 Å². The van der Waals surface area contributed by atoms with Crippen LogP contribution in [0, 0.1) is 20.8 Å². The van der Waals surface area contributed by atoms with Crippen molar-refractivity contribution in [3.8, 4) is 22.4 Å². The van der Waals surface area contributed by atoms with Gasteiger partial charge in [-0.1, -0.05) is 84.4 Å². The van der Waals surface area contributed by atoms with Crippen molar-refractivity contribution in [1.29, 1.82) is 0 Å². The maximum atomic E-state index is 5.12. The molecule has 2 heteroatoms. The van der Waals surface area contributed by atoms with Gasteiger partial charge in [0, 0.05) is 27.9 Å². The molecule has 0 aliphatic carbocycles. The van der Waals surface area contributed by atoms with Crippen molar-refractivity contribution in [3.63, 3.8) is 0 Å². The Bertz CT molecular complexity index is 1620. The number of hydrogen-bond acceptors (Lipinski definition) is 1. The third kappa shape index (κ3) is 2.76. The maximum absolute atomic E-state index is 5.12. The van der Waals surface area contributed by atoms with Crippen molar-refractivity contribution in [2.75, 3.05) is 0 Å². The van der Waals surface area contributed by atoms with Crippen LogP contribution in [0.25, 0.3) is 49.7 Å². The summed E-state index contributed by atoms with van der Waals surface area (Å²) in [5, 5.41) is 3.71. The normalized spacial score (nSPS) is 11.6. The molecule has 6 aromatic rings. The van der Waals surface area contributed by atoms with E-state index >= 15 is 0 Å². The highest BCUT2D eigenvalue weighted by atomic mass is 15.0. The van der Waals surface area contributed by atoms with Gasteiger partial charge in [-0.2, -0.15) is 0 Å². The van der Waals surface area contributed by atoms with Crippen LogP contribution in [0.3, 0.4) is 0 Å². The predicted octanol–water partition coefficient (Wildman–Crippen LogP) is 7.90. The highest BCUT2D eigenvalue weighted by Gasteiger charge is 2.17. The van der Waals surface area contributed by atoms with Crippen LogP contribution in [0.4, 0.5) is 0 Å². The van der Waals surface area contributed by atoms with Gasteiger partial charge in [0.1, 0.15) is 5.65 Å². The Hall–Kier alpha value is -3.91. The quantitative estimate of drug-likeness (QED) is 0.264. The van der Waals surface area contributed by atoms with E-state index in [0.717, 1.165) is 16.9 Å². The summed E-state index contributed by atoms with van der Waals surface area (Å²) < 4.78 is 2.25. The summed E-state index contributed by atoms with van der Waals surface area (Å²) in [6, 6.07) is 30.3. The zero-order valence-electron chi connectivity index (χ0n) is 18.6. The minimum Gasteiger partial charge on any atom is -0.298 e. The van der Waals surface area contributed by atoms with Gasteiger partial charge in [-0.05, 0) is 49.1 Å². The van der Waals surface area contributed by atoms with E-state index in [4.69, 9.17) is 4.98 Å². The maximum Gasteiger partial charge on any atom is 0.145 e. The Labute approximate surface area is 187 Å². The van der Waals surface area contributed by atoms with E-state index in [-0.39, 0.29) is 0 Å². The topological polar surface area (TPSA) is 17.3 Å². The standard InChI is InChI=1S/C30H24N2/c1-19-16-20(2)28(21(3)17-19)24-13-9-14-25-29(24)23-12-7-8-15-27(23)32-18-26(31-30(25)32)22-10-5-4-6-11-22/h4-18H,1-3H3. The van der Waals surface area contributed by atoms with Crippen LogP contribution in [-0.2, 0) is 0 Å². The van der Waals surface area contributed by atoms with Crippen LogP contribution >= 0.6 is 0 Å². The summed E-state index contributed by atoms with van der Waals surface area (Å²) in [5.41, 5.74) is 10.8. The van der Waals surface area contributed by atoms with Crippen LogP contribution < -0.4 is 0 Å². The summed E-state index contributed by atoms with van der Waals surface area (Å²) in [5.74, 6) is 0. The van der Waals surface area contributed by atoms with Gasteiger partial charge < -0.3 is 0 Å². The fourth-order valence-corrected chi connectivity index (χ4v) is 5.24. The molecule has 6 rings (SSSR count). The number of nitrogens with zero attached hydrogens (tertiary/aromatic N) is 2. The first-order valence-corrected chi connectivity index (χ1v) is 11.1. The van der Waals surface area contributed by atoms with Crippen LogP contribution in [0.5, 0.6) is 0 Å². The Kier molecular flexibility index (Phi) is 4.16. The number of aryl methyl sites for hydroxylation is 3. The summed E-state index contributed by atoms with van der Waals surface area (Å²) >= 11 is 0. The molecule has 154 valence electrons. The average molecular weight is 413 g/mol. The molecule has 0 aliphatic rings. The molecule has 0 bridgehead atoms. The lowest BCUT2D eigenvalue weighted by molar-refractivity contribution is 1.27. The predicted molar refractivity (Wildman–Crippen MR) is 135 cm³/mol. The molecule has 0 N–H and O–H groups in total. The molecular weight excluding hydrogens is 388 g/mol. The molecule has 32 heavy (non-hydrogen) atoms. The minimum absolute atomic E-state index is 0.997. The van der Waals surface area contributed by atoms with E-state index in [9.17, 15) is 0 Å². The number of aromatic nitrogens is 2. The van der Waals surface area contributed by atoms with E-state index in [0.29, 0.717) is 0 Å². The molecule has 0 unspecified atom stereocenters. The SMILES string of the molecule is Cc1cc(C)c(-c2cccc3c2c2ccccc2n2cc(-c4ccccc4)nc32)c(C)c1. The zero-order valence-corrected chi connectivity index (χ0v) is 18.6. The third-order valence-electron chi connectivity index (χ3n) is 6.46. The second-order valence-electron chi connectivity index (χ2n) is 8.70. The first-order chi connectivity index (χ1) is 15.6. The molecule has 2 nitrogen and oxygen atoms in total. The number of hydrogen-bond donors (Lipinski definition) is 0. The van der Waals surface area contributed by atoms with Gasteiger partial charge in [-0.15, -0.1) is 0 Å². The van der Waals surface area contributed by atoms with Crippen molar-refractivity contribution in [1.82, 2.24) is 9.38 Å². The smallest absolute Gasteiger partial charge is 0.145 e. The van der Waals surface area contributed by atoms with Gasteiger partial charge in [0.05, 0.1) is 11.2 Å². The Balaban J connectivity index is 1.79. The molecule has 0 amide bonds. The molecule has 4 aromatic carbocycles. The Morgan fingerprint density at radius 3 is 2.16 bits per heavy atom. The van der Waals surface area contributed by atoms with E-state index in [1.54, 1.807) is 0 Å². The molecular formula is C30H24N2. The van der Waals surface area contributed by atoms with E-state index in [1.807, 2.05) is 6.07 Å². The van der Waals surface area contributed by atoms with Gasteiger partial charge >= 0.3 is 0 Å². The first kappa shape index (κ1) is 18.8. The molecule has 2 heterocycles. The second kappa shape index (κ2) is 7.06. The molecule has 2 aromatic heterocycles. The number of para-hydroxylation sites is 1. The summed E-state index contributed by atoms with van der Waals surface area (Å²) in [6.45, 7) is 6.61. The van der Waals surface area contributed by atoms with E-state index < -0.39 is 0 Å². The van der Waals surface area contributed by atoms with Crippen LogP contribution in [0.2, 0.25) is 0 Å². The number of rotatable bonds is 2. The van der Waals surface area contributed by atoms with E-state index in [1.165, 1.54) is 49.5 Å². The number of benzene rings is 4. The molecule has 0 saturated carbocycles. The number of imidazole rings is 1. The third-order valence-corrected chi connectivity index (χ3v) is 6.46. The molecule has 0 atom stereocenters. The lowest BCUT2D eigenvalue weighted by Gasteiger charge is -2.16. The zero-order chi connectivity index (χ0) is 21.8. The fourth-order valence-electron chi connectivity index (χ4n) is 5.24. The monoisotopic (exact) mass is 412 g/mol. The summed E-state index contributed by atoms with van der Waals surface area (Å²) in [6.07, 6.45) is 2.17. The van der Waals surface area contributed by atoms with E-state index in [2.05, 4.69) is 110 Å². The highest BCUT2D eigenvalue weighted by molar-refractivity contribution is 6.18. The van der Waals surface area contributed by atoms with Crippen molar-refractivity contribution in [2.24, 2.45) is 0 Å².